The Bertz CT molecular complexity index is 1220. The number of benzene rings is 1. The van der Waals surface area contributed by atoms with E-state index in [0.29, 0.717) is 43.4 Å². The smallest absolute Gasteiger partial charge is 0.383 e. The number of fused-ring (bicyclic) bond motifs is 4. The lowest BCUT2D eigenvalue weighted by Gasteiger charge is -2.56. The standard InChI is InChI=1S/C29H32F5NO3/c1-3-35-25(37)17-6-4-16(5-7-17)22-15-26(2)23(12-13-27(26,38)28(30,31)29(32,33)34)21-10-8-18-14-19(36)9-11-20(18)24(21)22/h4-7,14,21-23,38H,3,8-13,15H2,1-2H3,(H,35,37)/t21?,22-,23?,26+,27-/m1/s1. The topological polar surface area (TPSA) is 66.4 Å². The van der Waals surface area contributed by atoms with Gasteiger partial charge in [0.2, 0.25) is 0 Å². The fourth-order valence-corrected chi connectivity index (χ4v) is 7.84. The molecule has 2 unspecified atom stereocenters. The normalized spacial score (nSPS) is 33.3. The highest BCUT2D eigenvalue weighted by atomic mass is 19.4. The van der Waals surface area contributed by atoms with E-state index in [1.54, 1.807) is 37.3 Å². The van der Waals surface area contributed by atoms with E-state index in [1.807, 2.05) is 0 Å². The molecule has 2 N–H and O–H groups in total. The number of allylic oxidation sites excluding steroid dienone is 4. The van der Waals surface area contributed by atoms with Crippen molar-refractivity contribution >= 4 is 11.7 Å². The van der Waals surface area contributed by atoms with Crippen molar-refractivity contribution < 1.29 is 36.6 Å². The Labute approximate surface area is 218 Å². The van der Waals surface area contributed by atoms with Gasteiger partial charge in [-0.25, -0.2) is 0 Å². The third kappa shape index (κ3) is 3.79. The molecule has 0 aromatic heterocycles. The number of carbonyl (C=O) groups excluding carboxylic acids is 2. The van der Waals surface area contributed by atoms with Gasteiger partial charge in [-0.15, -0.1) is 0 Å². The van der Waals surface area contributed by atoms with Crippen LogP contribution in [-0.4, -0.2) is 41.0 Å². The zero-order valence-corrected chi connectivity index (χ0v) is 21.4. The fourth-order valence-electron chi connectivity index (χ4n) is 7.84. The molecule has 0 radical (unpaired) electrons. The molecule has 1 aromatic rings. The average Bonchev–Trinajstić information content (AvgIpc) is 3.14. The molecule has 4 aliphatic rings. The summed E-state index contributed by atoms with van der Waals surface area (Å²) in [6.45, 7) is 3.64. The summed E-state index contributed by atoms with van der Waals surface area (Å²) in [4.78, 5) is 24.4. The molecule has 2 fully saturated rings. The third-order valence-electron chi connectivity index (χ3n) is 9.67. The Morgan fingerprint density at radius 3 is 2.39 bits per heavy atom. The molecule has 4 aliphatic carbocycles. The monoisotopic (exact) mass is 537 g/mol. The fraction of sp³-hybridized carbons (Fsp3) is 0.586. The molecule has 206 valence electrons. The second kappa shape index (κ2) is 9.00. The summed E-state index contributed by atoms with van der Waals surface area (Å²) in [6.07, 6.45) is -2.96. The first kappa shape index (κ1) is 27.0. The van der Waals surface area contributed by atoms with Gasteiger partial charge in [0.25, 0.3) is 5.91 Å². The van der Waals surface area contributed by atoms with Crippen molar-refractivity contribution in [2.24, 2.45) is 17.3 Å². The number of halogens is 5. The Morgan fingerprint density at radius 2 is 1.76 bits per heavy atom. The van der Waals surface area contributed by atoms with Gasteiger partial charge < -0.3 is 10.4 Å². The predicted octanol–water partition coefficient (Wildman–Crippen LogP) is 6.26. The van der Waals surface area contributed by atoms with Crippen molar-refractivity contribution in [3.05, 3.63) is 58.2 Å². The van der Waals surface area contributed by atoms with Gasteiger partial charge in [-0.05, 0) is 92.2 Å². The van der Waals surface area contributed by atoms with Crippen LogP contribution in [0.15, 0.2) is 47.1 Å². The number of aliphatic hydroxyl groups is 1. The van der Waals surface area contributed by atoms with E-state index in [0.717, 1.165) is 16.7 Å². The molecule has 1 aromatic carbocycles. The van der Waals surface area contributed by atoms with Crippen LogP contribution in [0.2, 0.25) is 0 Å². The summed E-state index contributed by atoms with van der Waals surface area (Å²) in [5, 5.41) is 14.0. The molecule has 1 amide bonds. The van der Waals surface area contributed by atoms with Crippen molar-refractivity contribution in [2.45, 2.75) is 82.4 Å². The van der Waals surface area contributed by atoms with Crippen molar-refractivity contribution in [3.8, 4) is 0 Å². The number of carbonyl (C=O) groups is 2. The predicted molar refractivity (Wildman–Crippen MR) is 131 cm³/mol. The number of amides is 1. The van der Waals surface area contributed by atoms with Crippen LogP contribution in [0.1, 0.15) is 80.6 Å². The average molecular weight is 538 g/mol. The molecule has 0 aliphatic heterocycles. The zero-order chi connectivity index (χ0) is 27.7. The summed E-state index contributed by atoms with van der Waals surface area (Å²) in [5.74, 6) is -6.85. The molecule has 0 saturated heterocycles. The number of hydrogen-bond donors (Lipinski definition) is 2. The van der Waals surface area contributed by atoms with Crippen molar-refractivity contribution in [3.63, 3.8) is 0 Å². The molecule has 5 atom stereocenters. The Kier molecular flexibility index (Phi) is 6.40. The van der Waals surface area contributed by atoms with Gasteiger partial charge in [0.15, 0.2) is 5.78 Å². The van der Waals surface area contributed by atoms with Crippen molar-refractivity contribution in [1.29, 1.82) is 0 Å². The lowest BCUT2D eigenvalue weighted by molar-refractivity contribution is -0.362. The molecule has 0 spiro atoms. The highest BCUT2D eigenvalue weighted by molar-refractivity contribution is 5.94. The summed E-state index contributed by atoms with van der Waals surface area (Å²) in [6, 6.07) is 6.71. The van der Waals surface area contributed by atoms with Gasteiger partial charge in [-0.3, -0.25) is 9.59 Å². The van der Waals surface area contributed by atoms with Gasteiger partial charge in [0.1, 0.15) is 5.60 Å². The highest BCUT2D eigenvalue weighted by Crippen LogP contribution is 2.70. The van der Waals surface area contributed by atoms with E-state index in [1.165, 1.54) is 6.92 Å². The number of ketones is 1. The summed E-state index contributed by atoms with van der Waals surface area (Å²) < 4.78 is 71.0. The number of rotatable bonds is 4. The third-order valence-corrected chi connectivity index (χ3v) is 9.67. The van der Waals surface area contributed by atoms with E-state index in [2.05, 4.69) is 5.32 Å². The van der Waals surface area contributed by atoms with Crippen LogP contribution in [0.5, 0.6) is 0 Å². The van der Waals surface area contributed by atoms with Crippen molar-refractivity contribution in [2.75, 3.05) is 6.54 Å². The van der Waals surface area contributed by atoms with E-state index in [-0.39, 0.29) is 30.4 Å². The Morgan fingerprint density at radius 1 is 1.08 bits per heavy atom. The molecule has 38 heavy (non-hydrogen) atoms. The highest BCUT2D eigenvalue weighted by Gasteiger charge is 2.79. The Balaban J connectivity index is 1.65. The number of hydrogen-bond acceptors (Lipinski definition) is 3. The van der Waals surface area contributed by atoms with Crippen LogP contribution < -0.4 is 5.32 Å². The SMILES string of the molecule is CCNC(=O)c1ccc([C@H]2C[C@@]3(C)C(CC[C@]3(O)C(F)(F)C(F)(F)F)C3CCC4=CC(=O)CCC4=C32)cc1. The van der Waals surface area contributed by atoms with E-state index >= 15 is 8.78 Å². The van der Waals surface area contributed by atoms with Crippen LogP contribution in [0, 0.1) is 17.3 Å². The lowest BCUT2D eigenvalue weighted by atomic mass is 9.50. The second-order valence-corrected chi connectivity index (χ2v) is 11.4. The minimum Gasteiger partial charge on any atom is -0.383 e. The van der Waals surface area contributed by atoms with E-state index in [4.69, 9.17) is 0 Å². The van der Waals surface area contributed by atoms with Gasteiger partial charge in [-0.2, -0.15) is 22.0 Å². The van der Waals surface area contributed by atoms with E-state index < -0.39 is 41.4 Å². The summed E-state index contributed by atoms with van der Waals surface area (Å²) in [5.41, 5.74) is -0.881. The molecule has 2 saturated carbocycles. The minimum atomic E-state index is -5.88. The van der Waals surface area contributed by atoms with Crippen LogP contribution >= 0.6 is 0 Å². The molecule has 0 heterocycles. The number of nitrogens with one attached hydrogen (secondary N) is 1. The first-order valence-electron chi connectivity index (χ1n) is 13.3. The van der Waals surface area contributed by atoms with Gasteiger partial charge in [-0.1, -0.05) is 24.6 Å². The van der Waals surface area contributed by atoms with Crippen LogP contribution in [0.25, 0.3) is 0 Å². The first-order valence-corrected chi connectivity index (χ1v) is 13.3. The van der Waals surface area contributed by atoms with Gasteiger partial charge in [0.05, 0.1) is 0 Å². The Hall–Kier alpha value is -2.55. The second-order valence-electron chi connectivity index (χ2n) is 11.4. The van der Waals surface area contributed by atoms with Crippen LogP contribution in [0.3, 0.4) is 0 Å². The summed E-state index contributed by atoms with van der Waals surface area (Å²) >= 11 is 0. The zero-order valence-electron chi connectivity index (χ0n) is 21.4. The maximum absolute atomic E-state index is 15.0. The van der Waals surface area contributed by atoms with Crippen LogP contribution in [0.4, 0.5) is 22.0 Å². The minimum absolute atomic E-state index is 0.0337. The quantitative estimate of drug-likeness (QED) is 0.446. The summed E-state index contributed by atoms with van der Waals surface area (Å²) in [7, 11) is 0. The molecule has 9 heteroatoms. The molecule has 4 nitrogen and oxygen atoms in total. The first-order chi connectivity index (χ1) is 17.7. The van der Waals surface area contributed by atoms with Gasteiger partial charge >= 0.3 is 12.1 Å². The van der Waals surface area contributed by atoms with Gasteiger partial charge in [0, 0.05) is 29.9 Å². The van der Waals surface area contributed by atoms with Crippen LogP contribution in [-0.2, 0) is 4.79 Å². The number of alkyl halides is 5. The molecular weight excluding hydrogens is 505 g/mol. The molecular formula is C29H32F5NO3. The maximum atomic E-state index is 15.0. The van der Waals surface area contributed by atoms with E-state index in [9.17, 15) is 27.9 Å². The largest absolute Gasteiger partial charge is 0.456 e. The van der Waals surface area contributed by atoms with Crippen molar-refractivity contribution in [1.82, 2.24) is 5.32 Å². The molecule has 0 bridgehead atoms. The maximum Gasteiger partial charge on any atom is 0.456 e. The molecule has 5 rings (SSSR count). The lowest BCUT2D eigenvalue weighted by Crippen LogP contribution is -2.65.